The van der Waals surface area contributed by atoms with E-state index in [0.29, 0.717) is 31.0 Å². The summed E-state index contributed by atoms with van der Waals surface area (Å²) in [5.41, 5.74) is 5.31. The summed E-state index contributed by atoms with van der Waals surface area (Å²) in [4.78, 5) is 13.4. The first-order chi connectivity index (χ1) is 6.38. The van der Waals surface area contributed by atoms with Crippen LogP contribution < -0.4 is 5.73 Å². The Balaban J connectivity index is 2.42. The second-order valence-electron chi connectivity index (χ2n) is 4.39. The Morgan fingerprint density at radius 2 is 1.93 bits per heavy atom. The minimum Gasteiger partial charge on any atom is -0.341 e. The third kappa shape index (κ3) is 3.75. The van der Waals surface area contributed by atoms with Crippen LogP contribution in [-0.2, 0) is 15.6 Å². The van der Waals surface area contributed by atoms with Crippen molar-refractivity contribution in [2.75, 3.05) is 24.6 Å². The summed E-state index contributed by atoms with van der Waals surface area (Å²) in [5.74, 6) is 1.29. The van der Waals surface area contributed by atoms with Crippen LogP contribution in [0.2, 0.25) is 0 Å². The minimum absolute atomic E-state index is 0.0780. The maximum Gasteiger partial charge on any atom is 0.224 e. The van der Waals surface area contributed by atoms with Gasteiger partial charge in [-0.15, -0.1) is 0 Å². The molecule has 2 N–H and O–H groups in total. The van der Waals surface area contributed by atoms with Gasteiger partial charge in [-0.05, 0) is 13.8 Å². The van der Waals surface area contributed by atoms with Gasteiger partial charge in [-0.1, -0.05) is 0 Å². The average Bonchev–Trinajstić information content (AvgIpc) is 2.02. The molecule has 0 aromatic rings. The lowest BCUT2D eigenvalue weighted by atomic mass is 10.0. The van der Waals surface area contributed by atoms with Gasteiger partial charge in [0.25, 0.3) is 0 Å². The summed E-state index contributed by atoms with van der Waals surface area (Å²) in [5, 5.41) is 0. The largest absolute Gasteiger partial charge is 0.341 e. The maximum absolute atomic E-state index is 11.7. The fraction of sp³-hybridized carbons (Fsp3) is 0.889. The number of nitrogens with zero attached hydrogens (tertiary/aromatic N) is 1. The van der Waals surface area contributed by atoms with Gasteiger partial charge in [0.05, 0.1) is 0 Å². The Morgan fingerprint density at radius 1 is 1.43 bits per heavy atom. The molecular weight excluding hydrogens is 200 g/mol. The van der Waals surface area contributed by atoms with E-state index in [2.05, 4.69) is 0 Å². The molecule has 5 heteroatoms. The van der Waals surface area contributed by atoms with E-state index in [0.717, 1.165) is 0 Å². The minimum atomic E-state index is -0.726. The van der Waals surface area contributed by atoms with Gasteiger partial charge in [-0.2, -0.15) is 0 Å². The lowest BCUT2D eigenvalue weighted by molar-refractivity contribution is -0.131. The molecule has 1 heterocycles. The molecule has 1 aliphatic rings. The summed E-state index contributed by atoms with van der Waals surface area (Å²) >= 11 is 0. The SMILES string of the molecule is CC(C)(N)CC(=O)N1CCS(=O)CC1. The summed E-state index contributed by atoms with van der Waals surface area (Å²) < 4.78 is 11.1. The van der Waals surface area contributed by atoms with Gasteiger partial charge < -0.3 is 10.6 Å². The third-order valence-corrected chi connectivity index (χ3v) is 3.41. The van der Waals surface area contributed by atoms with E-state index >= 15 is 0 Å². The normalized spacial score (nSPS) is 19.8. The molecule has 82 valence electrons. The topological polar surface area (TPSA) is 63.4 Å². The highest BCUT2D eigenvalue weighted by Gasteiger charge is 2.24. The second kappa shape index (κ2) is 4.40. The van der Waals surface area contributed by atoms with Crippen LogP contribution >= 0.6 is 0 Å². The van der Waals surface area contributed by atoms with Crippen molar-refractivity contribution in [2.45, 2.75) is 25.8 Å². The van der Waals surface area contributed by atoms with Gasteiger partial charge in [-0.3, -0.25) is 9.00 Å². The van der Waals surface area contributed by atoms with E-state index in [-0.39, 0.29) is 5.91 Å². The molecule has 14 heavy (non-hydrogen) atoms. The Bertz CT molecular complexity index is 238. The zero-order valence-electron chi connectivity index (χ0n) is 8.78. The monoisotopic (exact) mass is 218 g/mol. The predicted molar refractivity (Wildman–Crippen MR) is 57.3 cm³/mol. The smallest absolute Gasteiger partial charge is 0.224 e. The van der Waals surface area contributed by atoms with E-state index < -0.39 is 16.3 Å². The Kier molecular flexibility index (Phi) is 3.66. The van der Waals surface area contributed by atoms with Crippen molar-refractivity contribution in [1.82, 2.24) is 4.90 Å². The molecule has 0 radical (unpaired) electrons. The molecule has 0 atom stereocenters. The van der Waals surface area contributed by atoms with Crippen LogP contribution in [0.1, 0.15) is 20.3 Å². The van der Waals surface area contributed by atoms with Crippen LogP contribution in [0.15, 0.2) is 0 Å². The van der Waals surface area contributed by atoms with Crippen molar-refractivity contribution >= 4 is 16.7 Å². The molecule has 1 rings (SSSR count). The van der Waals surface area contributed by atoms with Gasteiger partial charge in [0.2, 0.25) is 5.91 Å². The zero-order valence-corrected chi connectivity index (χ0v) is 9.60. The molecule has 0 aromatic carbocycles. The molecular formula is C9H18N2O2S. The molecule has 0 unspecified atom stereocenters. The van der Waals surface area contributed by atoms with Gasteiger partial charge >= 0.3 is 0 Å². The Hall–Kier alpha value is -0.420. The molecule has 0 saturated carbocycles. The molecule has 1 amide bonds. The number of rotatable bonds is 2. The first kappa shape index (κ1) is 11.7. The predicted octanol–water partition coefficient (Wildman–Crippen LogP) is -0.295. The van der Waals surface area contributed by atoms with Crippen LogP contribution in [0, 0.1) is 0 Å². The van der Waals surface area contributed by atoms with E-state index in [9.17, 15) is 9.00 Å². The van der Waals surface area contributed by atoms with Crippen molar-refractivity contribution in [1.29, 1.82) is 0 Å². The number of hydrogen-bond acceptors (Lipinski definition) is 3. The molecule has 1 saturated heterocycles. The zero-order chi connectivity index (χ0) is 10.8. The fourth-order valence-corrected chi connectivity index (χ4v) is 2.44. The highest BCUT2D eigenvalue weighted by atomic mass is 32.2. The van der Waals surface area contributed by atoms with Crippen LogP contribution in [0.3, 0.4) is 0 Å². The average molecular weight is 218 g/mol. The number of carbonyl (C=O) groups excluding carboxylic acids is 1. The quantitative estimate of drug-likeness (QED) is 0.692. The van der Waals surface area contributed by atoms with Crippen molar-refractivity contribution in [3.63, 3.8) is 0 Å². The lowest BCUT2D eigenvalue weighted by Crippen LogP contribution is -2.46. The number of amides is 1. The molecule has 0 spiro atoms. The van der Waals surface area contributed by atoms with Crippen LogP contribution in [-0.4, -0.2) is 45.2 Å². The van der Waals surface area contributed by atoms with E-state index in [1.165, 1.54) is 0 Å². The fourth-order valence-electron chi connectivity index (χ4n) is 1.39. The maximum atomic E-state index is 11.7. The Labute approximate surface area is 87.3 Å². The molecule has 4 nitrogen and oxygen atoms in total. The van der Waals surface area contributed by atoms with Crippen LogP contribution in [0.25, 0.3) is 0 Å². The highest BCUT2D eigenvalue weighted by Crippen LogP contribution is 2.09. The van der Waals surface area contributed by atoms with Crippen molar-refractivity contribution in [3.05, 3.63) is 0 Å². The number of hydrogen-bond donors (Lipinski definition) is 1. The summed E-state index contributed by atoms with van der Waals surface area (Å²) in [6.07, 6.45) is 0.361. The van der Waals surface area contributed by atoms with Crippen LogP contribution in [0.4, 0.5) is 0 Å². The summed E-state index contributed by atoms with van der Waals surface area (Å²) in [6, 6.07) is 0. The summed E-state index contributed by atoms with van der Waals surface area (Å²) in [7, 11) is -0.726. The first-order valence-corrected chi connectivity index (χ1v) is 6.29. The van der Waals surface area contributed by atoms with Gasteiger partial charge in [0, 0.05) is 47.4 Å². The van der Waals surface area contributed by atoms with Gasteiger partial charge in [0.1, 0.15) is 0 Å². The summed E-state index contributed by atoms with van der Waals surface area (Å²) in [6.45, 7) is 4.91. The van der Waals surface area contributed by atoms with Crippen molar-refractivity contribution < 1.29 is 9.00 Å². The Morgan fingerprint density at radius 3 is 2.36 bits per heavy atom. The third-order valence-electron chi connectivity index (χ3n) is 2.14. The van der Waals surface area contributed by atoms with E-state index in [1.807, 2.05) is 13.8 Å². The van der Waals surface area contributed by atoms with E-state index in [1.54, 1.807) is 4.90 Å². The molecule has 1 fully saturated rings. The molecule has 0 aromatic heterocycles. The van der Waals surface area contributed by atoms with Crippen molar-refractivity contribution in [3.8, 4) is 0 Å². The standard InChI is InChI=1S/C9H18N2O2S/c1-9(2,10)7-8(12)11-3-5-14(13)6-4-11/h3-7,10H2,1-2H3. The van der Waals surface area contributed by atoms with Crippen molar-refractivity contribution in [2.24, 2.45) is 5.73 Å². The highest BCUT2D eigenvalue weighted by molar-refractivity contribution is 7.85. The van der Waals surface area contributed by atoms with Crippen LogP contribution in [0.5, 0.6) is 0 Å². The molecule has 1 aliphatic heterocycles. The van der Waals surface area contributed by atoms with Gasteiger partial charge in [-0.25, -0.2) is 0 Å². The first-order valence-electron chi connectivity index (χ1n) is 4.80. The van der Waals surface area contributed by atoms with E-state index in [4.69, 9.17) is 5.73 Å². The number of carbonyl (C=O) groups is 1. The molecule has 0 aliphatic carbocycles. The number of nitrogens with two attached hydrogens (primary N) is 1. The van der Waals surface area contributed by atoms with Gasteiger partial charge in [0.15, 0.2) is 0 Å². The second-order valence-corrected chi connectivity index (χ2v) is 6.09. The molecule has 0 bridgehead atoms. The lowest BCUT2D eigenvalue weighted by Gasteiger charge is -2.29.